The molecule has 0 saturated carbocycles. The maximum atomic E-state index is 18.0. The zero-order valence-electron chi connectivity index (χ0n) is 47.9. The summed E-state index contributed by atoms with van der Waals surface area (Å²) in [5.41, 5.74) is 4.92. The topological polar surface area (TPSA) is 204 Å². The summed E-state index contributed by atoms with van der Waals surface area (Å²) in [6.07, 6.45) is -8.76. The van der Waals surface area contributed by atoms with E-state index >= 15 is 8.78 Å². The Balaban J connectivity index is 0.000000409. The van der Waals surface area contributed by atoms with Gasteiger partial charge < -0.3 is 49.4 Å². The molecule has 2 saturated heterocycles. The van der Waals surface area contributed by atoms with Gasteiger partial charge in [-0.3, -0.25) is 9.13 Å². The standard InChI is InChI=1S/C55H57F2N3O6Si.C9H11F2N3O4/c1-52(2,3)67(6,7)64-38-47-49(66-54(42-24-16-10-17-25-42,43-26-18-11-19-27-43)44-30-34-46(63-5)35-31-44)55(56,57)50(65-47)60-37-36-48(58-51(60)61)59-53(39-20-12-8-13-21-39,40-22-14-9-15-23-40)41-28-32-45(62-4)33-29-41;10-9(11)6(16)4(3-15)18-7(9)14-2-1-5(12)13-8(14)17/h8-37,47,49-50H,38H2,1-7H3,(H,58,59,61);1-2,4,6-7,15-16H,3H2,(H2,12,13,17)/t47-,49-,50?;4-,6-,7?/m11/s1. The molecule has 5 N–H and O–H groups in total. The third kappa shape index (κ3) is 12.2. The molecule has 0 aliphatic carbocycles. The van der Waals surface area contributed by atoms with Crippen LogP contribution in [0.4, 0.5) is 29.2 Å². The van der Waals surface area contributed by atoms with Crippen molar-refractivity contribution in [2.75, 3.05) is 38.5 Å². The summed E-state index contributed by atoms with van der Waals surface area (Å²) in [6, 6.07) is 55.6. The molecule has 10 rings (SSSR count). The number of benzene rings is 6. The molecule has 6 aromatic carbocycles. The van der Waals surface area contributed by atoms with Crippen molar-refractivity contribution < 1.29 is 55.9 Å². The van der Waals surface area contributed by atoms with Crippen molar-refractivity contribution in [3.8, 4) is 11.5 Å². The predicted molar refractivity (Wildman–Crippen MR) is 315 cm³/mol. The first-order chi connectivity index (χ1) is 40.5. The third-order valence-electron chi connectivity index (χ3n) is 15.9. The van der Waals surface area contributed by atoms with Gasteiger partial charge in [-0.05, 0) is 87.9 Å². The average Bonchev–Trinajstić information content (AvgIpc) is 1.95. The number of nitrogens with one attached hydrogen (secondary N) is 1. The highest BCUT2D eigenvalue weighted by Gasteiger charge is 2.64. The Hall–Kier alpha value is -8.02. The van der Waals surface area contributed by atoms with Gasteiger partial charge >= 0.3 is 23.2 Å². The Labute approximate surface area is 490 Å². The van der Waals surface area contributed by atoms with Crippen molar-refractivity contribution in [3.05, 3.63) is 249 Å². The molecular weight excluding hydrogens is 1120 g/mol. The Morgan fingerprint density at radius 1 is 0.600 bits per heavy atom. The highest BCUT2D eigenvalue weighted by Crippen LogP contribution is 2.52. The Bertz CT molecular complexity index is 3540. The van der Waals surface area contributed by atoms with Gasteiger partial charge in [-0.1, -0.05) is 166 Å². The highest BCUT2D eigenvalue weighted by atomic mass is 28.4. The smallest absolute Gasteiger partial charge is 0.351 e. The van der Waals surface area contributed by atoms with Gasteiger partial charge in [0.2, 0.25) is 12.5 Å². The molecule has 0 amide bonds. The minimum Gasteiger partial charge on any atom is -0.497 e. The van der Waals surface area contributed by atoms with Crippen LogP contribution in [0.1, 0.15) is 66.6 Å². The lowest BCUT2D eigenvalue weighted by molar-refractivity contribution is -0.180. The van der Waals surface area contributed by atoms with E-state index in [0.717, 1.165) is 33.5 Å². The molecule has 0 bridgehead atoms. The number of halogens is 4. The largest absolute Gasteiger partial charge is 0.497 e. The number of ether oxygens (including phenoxy) is 5. The summed E-state index contributed by atoms with van der Waals surface area (Å²) in [5.74, 6) is -6.23. The summed E-state index contributed by atoms with van der Waals surface area (Å²) in [7, 11) is 0.642. The Kier molecular flexibility index (Phi) is 18.0. The van der Waals surface area contributed by atoms with E-state index in [9.17, 15) is 23.5 Å². The molecule has 2 aliphatic rings. The first-order valence-electron chi connectivity index (χ1n) is 27.4. The van der Waals surface area contributed by atoms with Crippen molar-refractivity contribution in [2.24, 2.45) is 0 Å². The van der Waals surface area contributed by atoms with Crippen LogP contribution in [0.25, 0.3) is 0 Å². The molecule has 8 aromatic rings. The second-order valence-corrected chi connectivity index (χ2v) is 27.0. The third-order valence-corrected chi connectivity index (χ3v) is 20.4. The average molecular weight is 1190 g/mol. The SMILES string of the molecule is COc1ccc(C(Nc2ccn(C3O[C@H](CO[Si](C)(C)C(C)(C)C)[C@@H](OC(c4ccccc4)(c4ccccc4)c4ccc(OC)cc4)C3(F)F)c(=O)n2)(c2ccccc2)c2ccccc2)cc1.Nc1ccn(C2O[C@H](CO)[C@@H](O)C2(F)F)c(=O)n1. The van der Waals surface area contributed by atoms with Gasteiger partial charge in [-0.2, -0.15) is 27.5 Å². The van der Waals surface area contributed by atoms with Crippen LogP contribution in [0, 0.1) is 0 Å². The van der Waals surface area contributed by atoms with E-state index in [-0.39, 0.29) is 23.3 Å². The van der Waals surface area contributed by atoms with Gasteiger partial charge in [0.25, 0.3) is 0 Å². The van der Waals surface area contributed by atoms with Gasteiger partial charge in [-0.15, -0.1) is 0 Å². The van der Waals surface area contributed by atoms with Crippen LogP contribution in [0.15, 0.2) is 204 Å². The van der Waals surface area contributed by atoms with Crippen LogP contribution in [0.5, 0.6) is 11.5 Å². The summed E-state index contributed by atoms with van der Waals surface area (Å²) in [5, 5.41) is 21.4. The van der Waals surface area contributed by atoms with E-state index in [4.69, 9.17) is 39.0 Å². The lowest BCUT2D eigenvalue weighted by Gasteiger charge is -2.41. The fourth-order valence-electron chi connectivity index (χ4n) is 10.3. The van der Waals surface area contributed by atoms with Crippen LogP contribution < -0.4 is 31.9 Å². The van der Waals surface area contributed by atoms with E-state index in [2.05, 4.69) is 49.1 Å². The maximum absolute atomic E-state index is 18.0. The molecule has 2 fully saturated rings. The van der Waals surface area contributed by atoms with Crippen LogP contribution in [-0.2, 0) is 29.8 Å². The molecule has 0 spiro atoms. The second-order valence-electron chi connectivity index (χ2n) is 22.2. The molecule has 2 aliphatic heterocycles. The number of aliphatic hydroxyl groups is 2. The zero-order chi connectivity index (χ0) is 61.0. The number of anilines is 2. The number of nitrogens with zero attached hydrogens (tertiary/aromatic N) is 4. The van der Waals surface area contributed by atoms with Crippen LogP contribution >= 0.6 is 0 Å². The number of nitrogens with two attached hydrogens (primary N) is 1. The predicted octanol–water partition coefficient (Wildman–Crippen LogP) is 10.3. The van der Waals surface area contributed by atoms with Crippen molar-refractivity contribution in [3.63, 3.8) is 0 Å². The number of hydrogen-bond donors (Lipinski definition) is 4. The van der Waals surface area contributed by atoms with Gasteiger partial charge in [0, 0.05) is 12.4 Å². The highest BCUT2D eigenvalue weighted by molar-refractivity contribution is 6.74. The number of aliphatic hydroxyl groups excluding tert-OH is 2. The lowest BCUT2D eigenvalue weighted by Crippen LogP contribution is -2.50. The fraction of sp³-hybridized carbons (Fsp3) is 0.312. The Morgan fingerprint density at radius 3 is 1.45 bits per heavy atom. The fourth-order valence-corrected chi connectivity index (χ4v) is 11.3. The van der Waals surface area contributed by atoms with Crippen LogP contribution in [-0.4, -0.2) is 101 Å². The quantitative estimate of drug-likeness (QED) is 0.0359. The van der Waals surface area contributed by atoms with E-state index in [1.165, 1.54) is 12.3 Å². The van der Waals surface area contributed by atoms with Crippen molar-refractivity contribution in [1.82, 2.24) is 19.1 Å². The van der Waals surface area contributed by atoms with E-state index in [0.29, 0.717) is 32.8 Å². The summed E-state index contributed by atoms with van der Waals surface area (Å²) < 4.78 is 101. The van der Waals surface area contributed by atoms with Crippen LogP contribution in [0.3, 0.4) is 0 Å². The summed E-state index contributed by atoms with van der Waals surface area (Å²) in [6.45, 7) is 9.36. The number of alkyl halides is 4. The number of nitrogen functional groups attached to an aromatic ring is 1. The lowest BCUT2D eigenvalue weighted by atomic mass is 9.77. The van der Waals surface area contributed by atoms with Crippen LogP contribution in [0.2, 0.25) is 18.1 Å². The molecular formula is C64H68F4N6O10Si. The number of aromatic nitrogens is 4. The van der Waals surface area contributed by atoms with E-state index in [1.807, 2.05) is 158 Å². The van der Waals surface area contributed by atoms with Gasteiger partial charge in [0.15, 0.2) is 20.5 Å². The Morgan fingerprint density at radius 2 is 1.01 bits per heavy atom. The van der Waals surface area contributed by atoms with Gasteiger partial charge in [0.1, 0.15) is 46.5 Å². The minimum atomic E-state index is -3.82. The number of rotatable bonds is 18. The van der Waals surface area contributed by atoms with Gasteiger partial charge in [0.05, 0.1) is 27.4 Å². The monoisotopic (exact) mass is 1180 g/mol. The minimum absolute atomic E-state index is 0.114. The van der Waals surface area contributed by atoms with Crippen molar-refractivity contribution in [1.29, 1.82) is 0 Å². The van der Waals surface area contributed by atoms with Crippen molar-refractivity contribution >= 4 is 20.0 Å². The second kappa shape index (κ2) is 24.9. The molecule has 446 valence electrons. The number of hydrogen-bond acceptors (Lipinski definition) is 14. The van der Waals surface area contributed by atoms with Crippen molar-refractivity contribution in [2.45, 2.75) is 98.8 Å². The summed E-state index contributed by atoms with van der Waals surface area (Å²) in [4.78, 5) is 33.6. The van der Waals surface area contributed by atoms with Gasteiger partial charge in [-0.25, -0.2) is 9.59 Å². The number of methoxy groups -OCH3 is 2. The molecule has 0 radical (unpaired) electrons. The molecule has 16 nitrogen and oxygen atoms in total. The first kappa shape index (κ1) is 61.5. The molecule has 21 heteroatoms. The first-order valence-corrected chi connectivity index (χ1v) is 30.3. The molecule has 6 atom stereocenters. The zero-order valence-corrected chi connectivity index (χ0v) is 48.9. The molecule has 4 heterocycles. The molecule has 2 unspecified atom stereocenters. The maximum Gasteiger partial charge on any atom is 0.351 e. The normalized spacial score (nSPS) is 20.2. The molecule has 2 aromatic heterocycles. The summed E-state index contributed by atoms with van der Waals surface area (Å²) >= 11 is 0. The van der Waals surface area contributed by atoms with E-state index < -0.39 is 86.2 Å². The molecule has 85 heavy (non-hydrogen) atoms. The van der Waals surface area contributed by atoms with E-state index in [1.54, 1.807) is 26.4 Å².